The highest BCUT2D eigenvalue weighted by molar-refractivity contribution is 8.01. The second-order valence-corrected chi connectivity index (χ2v) is 8.11. The van der Waals surface area contributed by atoms with Gasteiger partial charge in [0.1, 0.15) is 6.04 Å². The van der Waals surface area contributed by atoms with E-state index in [2.05, 4.69) is 12.2 Å². The first-order chi connectivity index (χ1) is 11.5. The molecule has 0 radical (unpaired) electrons. The smallest absolute Gasteiger partial charge is 0.244 e. The summed E-state index contributed by atoms with van der Waals surface area (Å²) in [7, 11) is 0. The molecular formula is C17H20N2O4S. The molecule has 3 aliphatic rings. The predicted molar refractivity (Wildman–Crippen MR) is 89.9 cm³/mol. The van der Waals surface area contributed by atoms with Crippen molar-refractivity contribution in [3.05, 3.63) is 23.8 Å². The van der Waals surface area contributed by atoms with Crippen LogP contribution >= 0.6 is 11.8 Å². The van der Waals surface area contributed by atoms with Gasteiger partial charge in [-0.1, -0.05) is 6.07 Å². The molecule has 1 N–H and O–H groups in total. The van der Waals surface area contributed by atoms with Crippen molar-refractivity contribution in [3.63, 3.8) is 0 Å². The summed E-state index contributed by atoms with van der Waals surface area (Å²) in [6.07, 6.45) is 1.35. The van der Waals surface area contributed by atoms with Crippen LogP contribution in [-0.2, 0) is 9.59 Å². The topological polar surface area (TPSA) is 67.9 Å². The van der Waals surface area contributed by atoms with E-state index in [9.17, 15) is 9.59 Å². The number of nitrogens with one attached hydrogen (secondary N) is 1. The number of thioether (sulfide) groups is 1. The van der Waals surface area contributed by atoms with Crippen LogP contribution in [0.4, 0.5) is 0 Å². The maximum atomic E-state index is 12.7. The number of carbonyl (C=O) groups is 2. The summed E-state index contributed by atoms with van der Waals surface area (Å²) in [5.41, 5.74) is 0.953. The van der Waals surface area contributed by atoms with Gasteiger partial charge in [-0.25, -0.2) is 0 Å². The van der Waals surface area contributed by atoms with Crippen molar-refractivity contribution in [1.29, 1.82) is 0 Å². The fourth-order valence-electron chi connectivity index (χ4n) is 3.59. The fourth-order valence-corrected chi connectivity index (χ4v) is 5.02. The van der Waals surface area contributed by atoms with Crippen LogP contribution < -0.4 is 14.8 Å². The first kappa shape index (κ1) is 15.6. The van der Waals surface area contributed by atoms with E-state index in [4.69, 9.17) is 9.47 Å². The molecule has 24 heavy (non-hydrogen) atoms. The molecule has 2 fully saturated rings. The molecular weight excluding hydrogens is 328 g/mol. The molecule has 0 bridgehead atoms. The second kappa shape index (κ2) is 5.58. The Morgan fingerprint density at radius 3 is 3.04 bits per heavy atom. The van der Waals surface area contributed by atoms with Crippen molar-refractivity contribution in [2.75, 3.05) is 12.5 Å². The van der Waals surface area contributed by atoms with Gasteiger partial charge in [0.2, 0.25) is 18.6 Å². The van der Waals surface area contributed by atoms with Gasteiger partial charge in [-0.3, -0.25) is 9.59 Å². The molecule has 6 nitrogen and oxygen atoms in total. The van der Waals surface area contributed by atoms with E-state index in [1.807, 2.05) is 25.1 Å². The Balaban J connectivity index is 1.47. The Labute approximate surface area is 144 Å². The van der Waals surface area contributed by atoms with Crippen LogP contribution in [0.3, 0.4) is 0 Å². The summed E-state index contributed by atoms with van der Waals surface area (Å²) in [5, 5.41) is 3.04. The highest BCUT2D eigenvalue weighted by Crippen LogP contribution is 2.47. The van der Waals surface area contributed by atoms with Crippen LogP contribution in [0, 0.1) is 0 Å². The summed E-state index contributed by atoms with van der Waals surface area (Å²) in [6.45, 7) is 4.22. The molecule has 4 rings (SSSR count). The molecule has 7 heteroatoms. The Morgan fingerprint density at radius 2 is 2.21 bits per heavy atom. The molecule has 2 saturated heterocycles. The minimum atomic E-state index is -0.383. The van der Waals surface area contributed by atoms with Gasteiger partial charge in [-0.15, -0.1) is 11.8 Å². The van der Waals surface area contributed by atoms with Gasteiger partial charge in [0.15, 0.2) is 11.5 Å². The number of hydrogen-bond acceptors (Lipinski definition) is 5. The number of hydrogen-bond donors (Lipinski definition) is 1. The van der Waals surface area contributed by atoms with Gasteiger partial charge >= 0.3 is 0 Å². The lowest BCUT2D eigenvalue weighted by Gasteiger charge is -2.30. The van der Waals surface area contributed by atoms with Gasteiger partial charge in [0, 0.05) is 12.2 Å². The van der Waals surface area contributed by atoms with E-state index in [1.54, 1.807) is 16.7 Å². The monoisotopic (exact) mass is 348 g/mol. The van der Waals surface area contributed by atoms with Gasteiger partial charge in [-0.05, 0) is 38.0 Å². The van der Waals surface area contributed by atoms with Crippen LogP contribution in [0.25, 0.3) is 0 Å². The molecule has 128 valence electrons. The summed E-state index contributed by atoms with van der Waals surface area (Å²) < 4.78 is 10.7. The number of fused-ring (bicyclic) bond motifs is 2. The molecule has 3 atom stereocenters. The molecule has 1 aromatic rings. The van der Waals surface area contributed by atoms with Crippen LogP contribution in [0.15, 0.2) is 18.2 Å². The van der Waals surface area contributed by atoms with E-state index >= 15 is 0 Å². The second-order valence-electron chi connectivity index (χ2n) is 6.61. The molecule has 0 saturated carbocycles. The lowest BCUT2D eigenvalue weighted by molar-refractivity contribution is -0.138. The van der Waals surface area contributed by atoms with Crippen molar-refractivity contribution in [2.24, 2.45) is 0 Å². The first-order valence-electron chi connectivity index (χ1n) is 8.14. The molecule has 1 aromatic carbocycles. The zero-order valence-corrected chi connectivity index (χ0v) is 14.5. The number of carbonyl (C=O) groups excluding carboxylic acids is 2. The Morgan fingerprint density at radius 1 is 1.42 bits per heavy atom. The van der Waals surface area contributed by atoms with Crippen LogP contribution in [0.5, 0.6) is 11.5 Å². The number of amides is 2. The summed E-state index contributed by atoms with van der Waals surface area (Å²) in [4.78, 5) is 26.4. The lowest BCUT2D eigenvalue weighted by Crippen LogP contribution is -2.50. The van der Waals surface area contributed by atoms with Gasteiger partial charge in [-0.2, -0.15) is 0 Å². The number of benzene rings is 1. The maximum Gasteiger partial charge on any atom is 0.244 e. The minimum Gasteiger partial charge on any atom is -0.454 e. The van der Waals surface area contributed by atoms with E-state index in [0.29, 0.717) is 17.9 Å². The van der Waals surface area contributed by atoms with Crippen molar-refractivity contribution in [2.45, 2.75) is 43.6 Å². The predicted octanol–water partition coefficient (Wildman–Crippen LogP) is 2.05. The zero-order chi connectivity index (χ0) is 16.9. The van der Waals surface area contributed by atoms with Crippen LogP contribution in [0.2, 0.25) is 0 Å². The SMILES string of the molecule is C[C@H](NC(=O)[C@H]1CS[C@]2(C)CCC(=O)N12)c1ccc2c(c1)OCO2. The maximum absolute atomic E-state index is 12.7. The lowest BCUT2D eigenvalue weighted by atomic mass is 10.1. The van der Waals surface area contributed by atoms with Gasteiger partial charge < -0.3 is 19.7 Å². The van der Waals surface area contributed by atoms with Gasteiger partial charge in [0.25, 0.3) is 0 Å². The third-order valence-corrected chi connectivity index (χ3v) is 6.51. The normalized spacial score (nSPS) is 28.8. The molecule has 0 spiro atoms. The summed E-state index contributed by atoms with van der Waals surface area (Å²) in [6, 6.07) is 5.12. The van der Waals surface area contributed by atoms with Crippen molar-refractivity contribution in [1.82, 2.24) is 10.2 Å². The Hall–Kier alpha value is -1.89. The fraction of sp³-hybridized carbons (Fsp3) is 0.529. The average molecular weight is 348 g/mol. The molecule has 0 aromatic heterocycles. The largest absolute Gasteiger partial charge is 0.454 e. The van der Waals surface area contributed by atoms with Crippen molar-refractivity contribution < 1.29 is 19.1 Å². The Kier molecular flexibility index (Phi) is 3.63. The van der Waals surface area contributed by atoms with Crippen LogP contribution in [-0.4, -0.2) is 40.2 Å². The highest BCUT2D eigenvalue weighted by atomic mass is 32.2. The number of ether oxygens (including phenoxy) is 2. The molecule has 3 heterocycles. The van der Waals surface area contributed by atoms with Crippen LogP contribution in [0.1, 0.15) is 38.3 Å². The third kappa shape index (κ3) is 2.42. The summed E-state index contributed by atoms with van der Waals surface area (Å²) in [5.74, 6) is 2.07. The average Bonchev–Trinajstić information content (AvgIpc) is 3.22. The van der Waals surface area contributed by atoms with E-state index in [0.717, 1.165) is 17.7 Å². The highest BCUT2D eigenvalue weighted by Gasteiger charge is 2.52. The van der Waals surface area contributed by atoms with Gasteiger partial charge in [0.05, 0.1) is 10.9 Å². The summed E-state index contributed by atoms with van der Waals surface area (Å²) >= 11 is 1.70. The third-order valence-electron chi connectivity index (χ3n) is 5.00. The molecule has 0 unspecified atom stereocenters. The standard InChI is InChI=1S/C17H20N2O4S/c1-10(11-3-4-13-14(7-11)23-9-22-13)18-16(21)12-8-24-17(2)6-5-15(20)19(12)17/h3-4,7,10,12H,5-6,8-9H2,1-2H3,(H,18,21)/t10-,12+,17+/m0/s1. The quantitative estimate of drug-likeness (QED) is 0.905. The van der Waals surface area contributed by atoms with E-state index in [1.165, 1.54) is 0 Å². The molecule has 0 aliphatic carbocycles. The Bertz CT molecular complexity index is 710. The van der Waals surface area contributed by atoms with E-state index < -0.39 is 0 Å². The molecule has 2 amide bonds. The number of rotatable bonds is 3. The first-order valence-corrected chi connectivity index (χ1v) is 9.12. The minimum absolute atomic E-state index is 0.0818. The van der Waals surface area contributed by atoms with E-state index in [-0.39, 0.29) is 35.6 Å². The number of nitrogens with zero attached hydrogens (tertiary/aromatic N) is 1. The zero-order valence-electron chi connectivity index (χ0n) is 13.7. The van der Waals surface area contributed by atoms with Crippen molar-refractivity contribution >= 4 is 23.6 Å². The molecule has 3 aliphatic heterocycles. The van der Waals surface area contributed by atoms with Crippen molar-refractivity contribution in [3.8, 4) is 11.5 Å².